The number of hydrogen-bond donors (Lipinski definition) is 0. The third-order valence-corrected chi connectivity index (χ3v) is 5.68. The minimum atomic E-state index is -0.109. The van der Waals surface area contributed by atoms with E-state index in [-0.39, 0.29) is 24.4 Å². The largest absolute Gasteiger partial charge is 0.353 e. The Morgan fingerprint density at radius 1 is 0.903 bits per heavy atom. The van der Waals surface area contributed by atoms with Gasteiger partial charge in [-0.05, 0) is 43.2 Å². The summed E-state index contributed by atoms with van der Waals surface area (Å²) in [6.45, 7) is 5.07. The van der Waals surface area contributed by atoms with E-state index in [4.69, 9.17) is 0 Å². The second-order valence-corrected chi connectivity index (χ2v) is 7.90. The molecule has 0 saturated carbocycles. The van der Waals surface area contributed by atoms with Crippen LogP contribution in [0.2, 0.25) is 0 Å². The molecular weight excluding hydrogens is 386 g/mol. The average Bonchev–Trinajstić information content (AvgIpc) is 3.21. The topological polar surface area (TPSA) is 45.6 Å². The minimum absolute atomic E-state index is 0.0368. The lowest BCUT2D eigenvalue weighted by molar-refractivity contribution is -0.133. The van der Waals surface area contributed by atoms with E-state index in [9.17, 15) is 9.59 Å². The first-order valence-corrected chi connectivity index (χ1v) is 10.8. The number of aryl methyl sites for hydroxylation is 1. The molecule has 0 bridgehead atoms. The average molecular weight is 418 g/mol. The van der Waals surface area contributed by atoms with Crippen molar-refractivity contribution in [1.29, 1.82) is 0 Å². The highest BCUT2D eigenvalue weighted by Crippen LogP contribution is 2.15. The Hall–Kier alpha value is -3.34. The van der Waals surface area contributed by atoms with Crippen molar-refractivity contribution in [3.8, 4) is 0 Å². The van der Waals surface area contributed by atoms with Crippen molar-refractivity contribution in [2.45, 2.75) is 39.4 Å². The van der Waals surface area contributed by atoms with Crippen LogP contribution in [0.4, 0.5) is 0 Å². The fraction of sp³-hybridized carbons (Fsp3) is 0.308. The molecule has 0 aliphatic carbocycles. The number of benzene rings is 2. The Morgan fingerprint density at radius 2 is 1.55 bits per heavy atom. The highest BCUT2D eigenvalue weighted by Gasteiger charge is 2.26. The second-order valence-electron chi connectivity index (χ2n) is 7.90. The van der Waals surface area contributed by atoms with E-state index in [1.54, 1.807) is 17.0 Å². The molecule has 2 amide bonds. The molecule has 1 aromatic heterocycles. The number of aromatic nitrogens is 1. The summed E-state index contributed by atoms with van der Waals surface area (Å²) in [5.74, 6) is -0.170. The maximum Gasteiger partial charge on any atom is 0.254 e. The van der Waals surface area contributed by atoms with Gasteiger partial charge in [0.2, 0.25) is 5.91 Å². The fourth-order valence-corrected chi connectivity index (χ4v) is 3.53. The van der Waals surface area contributed by atoms with Crippen molar-refractivity contribution in [3.63, 3.8) is 0 Å². The molecule has 0 spiro atoms. The Kier molecular flexibility index (Phi) is 7.65. The van der Waals surface area contributed by atoms with Crippen LogP contribution >= 0.6 is 0 Å². The molecule has 1 heterocycles. The summed E-state index contributed by atoms with van der Waals surface area (Å²) in [6.07, 6.45) is 2.76. The van der Waals surface area contributed by atoms with E-state index < -0.39 is 0 Å². The lowest BCUT2D eigenvalue weighted by Crippen LogP contribution is -2.46. The number of rotatable bonds is 9. The van der Waals surface area contributed by atoms with Gasteiger partial charge in [0.25, 0.3) is 5.91 Å². The second kappa shape index (κ2) is 10.6. The van der Waals surface area contributed by atoms with E-state index in [2.05, 4.69) is 0 Å². The highest BCUT2D eigenvalue weighted by atomic mass is 16.2. The summed E-state index contributed by atoms with van der Waals surface area (Å²) < 4.78 is 2.02. The number of nitrogens with zero attached hydrogens (tertiary/aromatic N) is 3. The normalized spacial score (nSPS) is 11.7. The molecule has 162 valence electrons. The number of hydrogen-bond acceptors (Lipinski definition) is 2. The summed E-state index contributed by atoms with van der Waals surface area (Å²) >= 11 is 0. The molecule has 5 nitrogen and oxygen atoms in total. The maximum atomic E-state index is 13.5. The molecule has 0 fully saturated rings. The Labute approximate surface area is 184 Å². The monoisotopic (exact) mass is 417 g/mol. The summed E-state index contributed by atoms with van der Waals surface area (Å²) in [5, 5.41) is 0. The molecule has 3 aromatic rings. The number of amides is 2. The predicted octanol–water partition coefficient (Wildman–Crippen LogP) is 4.49. The van der Waals surface area contributed by atoms with Crippen molar-refractivity contribution in [2.24, 2.45) is 7.05 Å². The van der Waals surface area contributed by atoms with Gasteiger partial charge in [-0.3, -0.25) is 9.59 Å². The van der Waals surface area contributed by atoms with E-state index in [0.717, 1.165) is 17.7 Å². The quantitative estimate of drug-likeness (QED) is 0.515. The highest BCUT2D eigenvalue weighted by molar-refractivity contribution is 5.96. The summed E-state index contributed by atoms with van der Waals surface area (Å²) in [6, 6.07) is 23.1. The van der Waals surface area contributed by atoms with E-state index in [0.29, 0.717) is 18.7 Å². The molecule has 3 rings (SSSR count). The van der Waals surface area contributed by atoms with Gasteiger partial charge in [-0.2, -0.15) is 0 Å². The molecule has 5 heteroatoms. The van der Waals surface area contributed by atoms with Crippen LogP contribution in [-0.4, -0.2) is 38.8 Å². The van der Waals surface area contributed by atoms with Gasteiger partial charge in [-0.15, -0.1) is 0 Å². The number of carbonyl (C=O) groups is 2. The molecule has 1 unspecified atom stereocenters. The van der Waals surface area contributed by atoms with E-state index in [1.807, 2.05) is 97.2 Å². The Balaban J connectivity index is 1.83. The SMILES string of the molecule is CCC(C)N(CC(=O)N(Cc1ccccc1)Cc1cccn1C)C(=O)c1ccccc1. The third-order valence-electron chi connectivity index (χ3n) is 5.68. The molecule has 0 radical (unpaired) electrons. The fourth-order valence-electron chi connectivity index (χ4n) is 3.53. The summed E-state index contributed by atoms with van der Waals surface area (Å²) in [4.78, 5) is 30.2. The van der Waals surface area contributed by atoms with Crippen molar-refractivity contribution in [2.75, 3.05) is 6.54 Å². The van der Waals surface area contributed by atoms with Crippen LogP contribution in [0.3, 0.4) is 0 Å². The lowest BCUT2D eigenvalue weighted by Gasteiger charge is -2.31. The van der Waals surface area contributed by atoms with Crippen LogP contribution in [0, 0.1) is 0 Å². The van der Waals surface area contributed by atoms with E-state index >= 15 is 0 Å². The van der Waals surface area contributed by atoms with E-state index in [1.165, 1.54) is 0 Å². The zero-order chi connectivity index (χ0) is 22.2. The van der Waals surface area contributed by atoms with Crippen molar-refractivity contribution in [3.05, 3.63) is 95.8 Å². The van der Waals surface area contributed by atoms with Crippen molar-refractivity contribution >= 4 is 11.8 Å². The predicted molar refractivity (Wildman–Crippen MR) is 123 cm³/mol. The van der Waals surface area contributed by atoms with Gasteiger partial charge in [0.05, 0.1) is 6.54 Å². The zero-order valence-electron chi connectivity index (χ0n) is 18.6. The van der Waals surface area contributed by atoms with Crippen LogP contribution in [0.25, 0.3) is 0 Å². The van der Waals surface area contributed by atoms with Crippen LogP contribution in [0.15, 0.2) is 79.0 Å². The van der Waals surface area contributed by atoms with Crippen molar-refractivity contribution in [1.82, 2.24) is 14.4 Å². The first-order valence-electron chi connectivity index (χ1n) is 10.8. The molecule has 0 aliphatic rings. The summed E-state index contributed by atoms with van der Waals surface area (Å²) in [7, 11) is 1.98. The lowest BCUT2D eigenvalue weighted by atomic mass is 10.1. The summed E-state index contributed by atoms with van der Waals surface area (Å²) in [5.41, 5.74) is 2.72. The molecule has 0 saturated heterocycles. The van der Waals surface area contributed by atoms with Gasteiger partial charge in [-0.1, -0.05) is 55.5 Å². The molecule has 0 aliphatic heterocycles. The first-order chi connectivity index (χ1) is 15.0. The molecule has 0 N–H and O–H groups in total. The van der Waals surface area contributed by atoms with Gasteiger partial charge < -0.3 is 14.4 Å². The van der Waals surface area contributed by atoms with Gasteiger partial charge >= 0.3 is 0 Å². The number of carbonyl (C=O) groups excluding carboxylic acids is 2. The Bertz CT molecular complexity index is 982. The minimum Gasteiger partial charge on any atom is -0.353 e. The van der Waals surface area contributed by atoms with Gasteiger partial charge in [0.1, 0.15) is 6.54 Å². The standard InChI is InChI=1S/C26H31N3O2/c1-4-21(2)29(26(31)23-14-9-6-10-15-23)20-25(30)28(18-22-12-7-5-8-13-22)19-24-16-11-17-27(24)3/h5-17,21H,4,18-20H2,1-3H3. The van der Waals surface area contributed by atoms with Crippen LogP contribution in [-0.2, 0) is 24.9 Å². The van der Waals surface area contributed by atoms with Crippen molar-refractivity contribution < 1.29 is 9.59 Å². The third kappa shape index (κ3) is 5.85. The van der Waals surface area contributed by atoms with Gasteiger partial charge in [-0.25, -0.2) is 0 Å². The Morgan fingerprint density at radius 3 is 2.13 bits per heavy atom. The maximum absolute atomic E-state index is 13.5. The molecule has 1 atom stereocenters. The zero-order valence-corrected chi connectivity index (χ0v) is 18.6. The van der Waals surface area contributed by atoms with Crippen LogP contribution in [0.1, 0.15) is 41.9 Å². The van der Waals surface area contributed by atoms with Crippen LogP contribution in [0.5, 0.6) is 0 Å². The van der Waals surface area contributed by atoms with Crippen LogP contribution < -0.4 is 0 Å². The molecule has 2 aromatic carbocycles. The smallest absolute Gasteiger partial charge is 0.254 e. The first kappa shape index (κ1) is 22.3. The van der Waals surface area contributed by atoms with Gasteiger partial charge in [0, 0.05) is 37.1 Å². The molecular formula is C26H31N3O2. The van der Waals surface area contributed by atoms with Gasteiger partial charge in [0.15, 0.2) is 0 Å². The molecule has 31 heavy (non-hydrogen) atoms.